The average molecular weight is 798 g/mol. The second-order valence-electron chi connectivity index (χ2n) is 15.7. The van der Waals surface area contributed by atoms with Crippen molar-refractivity contribution in [1.82, 2.24) is 4.57 Å². The topological polar surface area (TPSA) is 20.6 Å². The van der Waals surface area contributed by atoms with Crippen LogP contribution in [0.2, 0.25) is 0 Å². The molecule has 0 amide bonds. The highest BCUT2D eigenvalue weighted by atomic mass is 32.1. The zero-order valence-corrected chi connectivity index (χ0v) is 33.7. The van der Waals surface area contributed by atoms with Crippen LogP contribution in [0, 0.1) is 0 Å². The van der Waals surface area contributed by atoms with Crippen LogP contribution in [0.25, 0.3) is 69.2 Å². The van der Waals surface area contributed by atoms with Crippen LogP contribution < -0.4 is 14.5 Å². The third kappa shape index (κ3) is 5.24. The van der Waals surface area contributed by atoms with Gasteiger partial charge in [-0.3, -0.25) is 0 Å². The quantitative estimate of drug-likeness (QED) is 0.162. The minimum atomic E-state index is 0.817. The molecule has 286 valence electrons. The summed E-state index contributed by atoms with van der Waals surface area (Å²) in [6.45, 7) is 0. The standard InChI is InChI=1S/C56H35N3OS/c1-2-16-41-36(15-1)31-52(43-18-4-3-17-42(41)43)57(37-29-30-56-47(35-37)46-21-7-14-28-55(46)61-56)38-32-39(58-48-22-8-5-19-44(48)45-20-6-9-23-49(45)58)34-40(33-38)59-50-24-10-12-26-53(50)60-54-27-13-11-25-51(54)59/h1-35H. The first kappa shape index (κ1) is 34.0. The molecule has 5 heteroatoms. The molecular weight excluding hydrogens is 763 g/mol. The predicted octanol–water partition coefficient (Wildman–Crippen LogP) is 16.5. The number of para-hydroxylation sites is 6. The Morgan fingerprint density at radius 1 is 0.377 bits per heavy atom. The van der Waals surface area contributed by atoms with Gasteiger partial charge >= 0.3 is 0 Å². The maximum Gasteiger partial charge on any atom is 0.151 e. The number of benzene rings is 10. The van der Waals surface area contributed by atoms with Gasteiger partial charge in [-0.05, 0) is 101 Å². The van der Waals surface area contributed by atoms with Gasteiger partial charge in [0.1, 0.15) is 0 Å². The first-order valence-electron chi connectivity index (χ1n) is 20.7. The Morgan fingerprint density at radius 2 is 0.934 bits per heavy atom. The zero-order valence-electron chi connectivity index (χ0n) is 32.9. The van der Waals surface area contributed by atoms with E-state index in [9.17, 15) is 0 Å². The summed E-state index contributed by atoms with van der Waals surface area (Å²) in [6.07, 6.45) is 0. The number of fused-ring (bicyclic) bond motifs is 11. The molecule has 61 heavy (non-hydrogen) atoms. The summed E-state index contributed by atoms with van der Waals surface area (Å²) in [7, 11) is 0. The van der Waals surface area contributed by atoms with Crippen molar-refractivity contribution in [3.63, 3.8) is 0 Å². The number of aromatic nitrogens is 1. The summed E-state index contributed by atoms with van der Waals surface area (Å²) in [5, 5.41) is 9.80. The number of ether oxygens (including phenoxy) is 1. The molecule has 1 aliphatic heterocycles. The number of hydrogen-bond acceptors (Lipinski definition) is 4. The molecule has 0 saturated carbocycles. The largest absolute Gasteiger partial charge is 0.453 e. The SMILES string of the molecule is c1ccc2c(c1)Oc1ccccc1N2c1cc(N(c2ccc3sc4ccccc4c3c2)c2cc3ccccc3c3ccccc23)cc(-n2c3ccccc3c3ccccc32)c1. The monoisotopic (exact) mass is 797 g/mol. The number of nitrogens with zero attached hydrogens (tertiary/aromatic N) is 3. The van der Waals surface area contributed by atoms with Gasteiger partial charge in [-0.1, -0.05) is 127 Å². The summed E-state index contributed by atoms with van der Waals surface area (Å²) in [5.41, 5.74) is 9.60. The van der Waals surface area contributed by atoms with E-state index in [4.69, 9.17) is 4.74 Å². The van der Waals surface area contributed by atoms with Crippen molar-refractivity contribution in [1.29, 1.82) is 0 Å². The Labute approximate surface area is 355 Å². The molecule has 0 spiro atoms. The molecule has 0 atom stereocenters. The van der Waals surface area contributed by atoms with Gasteiger partial charge in [0.2, 0.25) is 0 Å². The van der Waals surface area contributed by atoms with E-state index in [2.05, 4.69) is 215 Å². The van der Waals surface area contributed by atoms with Crippen LogP contribution in [-0.4, -0.2) is 4.57 Å². The van der Waals surface area contributed by atoms with Gasteiger partial charge in [-0.2, -0.15) is 0 Å². The van der Waals surface area contributed by atoms with E-state index in [1.165, 1.54) is 52.5 Å². The molecule has 1 aliphatic rings. The van der Waals surface area contributed by atoms with Crippen LogP contribution in [0.15, 0.2) is 212 Å². The Balaban J connectivity index is 1.17. The highest BCUT2D eigenvalue weighted by molar-refractivity contribution is 7.25. The van der Waals surface area contributed by atoms with Crippen molar-refractivity contribution in [2.45, 2.75) is 0 Å². The first-order valence-corrected chi connectivity index (χ1v) is 21.5. The molecule has 0 unspecified atom stereocenters. The Bertz CT molecular complexity index is 3630. The van der Waals surface area contributed by atoms with Crippen molar-refractivity contribution in [3.05, 3.63) is 212 Å². The van der Waals surface area contributed by atoms with Crippen LogP contribution in [0.5, 0.6) is 11.5 Å². The highest BCUT2D eigenvalue weighted by Gasteiger charge is 2.28. The van der Waals surface area contributed by atoms with E-state index < -0.39 is 0 Å². The maximum absolute atomic E-state index is 6.56. The minimum absolute atomic E-state index is 0.817. The van der Waals surface area contributed by atoms with Crippen molar-refractivity contribution >= 4 is 109 Å². The fourth-order valence-corrected chi connectivity index (χ4v) is 10.7. The van der Waals surface area contributed by atoms with E-state index in [1.807, 2.05) is 23.5 Å². The van der Waals surface area contributed by atoms with Crippen molar-refractivity contribution in [2.24, 2.45) is 0 Å². The molecule has 0 N–H and O–H groups in total. The molecule has 3 heterocycles. The van der Waals surface area contributed by atoms with Gasteiger partial charge in [-0.15, -0.1) is 11.3 Å². The average Bonchev–Trinajstić information content (AvgIpc) is 3.86. The third-order valence-corrected chi connectivity index (χ3v) is 13.4. The lowest BCUT2D eigenvalue weighted by Gasteiger charge is -2.34. The molecule has 4 nitrogen and oxygen atoms in total. The first-order chi connectivity index (χ1) is 30.2. The lowest BCUT2D eigenvalue weighted by molar-refractivity contribution is 0.477. The molecular formula is C56H35N3OS. The predicted molar refractivity (Wildman–Crippen MR) is 258 cm³/mol. The molecule has 2 aromatic heterocycles. The molecule has 12 aromatic rings. The molecule has 10 aromatic carbocycles. The fourth-order valence-electron chi connectivity index (χ4n) is 9.65. The fraction of sp³-hybridized carbons (Fsp3) is 0. The van der Waals surface area contributed by atoms with E-state index in [-0.39, 0.29) is 0 Å². The van der Waals surface area contributed by atoms with Crippen molar-refractivity contribution < 1.29 is 4.74 Å². The molecule has 0 aliphatic carbocycles. The number of rotatable bonds is 5. The third-order valence-electron chi connectivity index (χ3n) is 12.3. The van der Waals surface area contributed by atoms with Crippen LogP contribution in [0.1, 0.15) is 0 Å². The van der Waals surface area contributed by atoms with Gasteiger partial charge in [0.25, 0.3) is 0 Å². The van der Waals surface area contributed by atoms with Crippen LogP contribution in [0.4, 0.5) is 34.1 Å². The van der Waals surface area contributed by atoms with E-state index in [1.54, 1.807) is 0 Å². The lowest BCUT2D eigenvalue weighted by atomic mass is 9.98. The second-order valence-corrected chi connectivity index (χ2v) is 16.8. The number of thiophene rings is 1. The van der Waals surface area contributed by atoms with Gasteiger partial charge in [0, 0.05) is 42.0 Å². The second kappa shape index (κ2) is 13.3. The van der Waals surface area contributed by atoms with Gasteiger partial charge in [-0.25, -0.2) is 0 Å². The van der Waals surface area contributed by atoms with Crippen LogP contribution >= 0.6 is 11.3 Å². The van der Waals surface area contributed by atoms with Crippen molar-refractivity contribution in [2.75, 3.05) is 9.80 Å². The molecule has 0 fully saturated rings. The van der Waals surface area contributed by atoms with Gasteiger partial charge in [0.15, 0.2) is 11.5 Å². The van der Waals surface area contributed by atoms with E-state index in [0.29, 0.717) is 0 Å². The maximum atomic E-state index is 6.56. The normalized spacial score (nSPS) is 12.4. The zero-order chi connectivity index (χ0) is 40.0. The summed E-state index contributed by atoms with van der Waals surface area (Å²) in [6, 6.07) is 77.0. The van der Waals surface area contributed by atoms with Gasteiger partial charge < -0.3 is 19.1 Å². The smallest absolute Gasteiger partial charge is 0.151 e. The van der Waals surface area contributed by atoms with E-state index >= 15 is 0 Å². The molecule has 0 saturated heterocycles. The van der Waals surface area contributed by atoms with Crippen LogP contribution in [0.3, 0.4) is 0 Å². The molecule has 0 radical (unpaired) electrons. The molecule has 0 bridgehead atoms. The van der Waals surface area contributed by atoms with Gasteiger partial charge in [0.05, 0.1) is 45.2 Å². The number of anilines is 6. The summed E-state index contributed by atoms with van der Waals surface area (Å²) < 4.78 is 11.6. The Morgan fingerprint density at radius 3 is 1.67 bits per heavy atom. The highest BCUT2D eigenvalue weighted by Crippen LogP contribution is 2.53. The van der Waals surface area contributed by atoms with Crippen molar-refractivity contribution in [3.8, 4) is 17.2 Å². The minimum Gasteiger partial charge on any atom is -0.453 e. The lowest BCUT2D eigenvalue weighted by Crippen LogP contribution is -2.17. The Hall–Kier alpha value is -7.86. The summed E-state index contributed by atoms with van der Waals surface area (Å²) >= 11 is 1.85. The molecule has 13 rings (SSSR count). The summed E-state index contributed by atoms with van der Waals surface area (Å²) in [5.74, 6) is 1.63. The van der Waals surface area contributed by atoms with Crippen LogP contribution in [-0.2, 0) is 0 Å². The summed E-state index contributed by atoms with van der Waals surface area (Å²) in [4.78, 5) is 4.85. The Kier molecular flexibility index (Phi) is 7.44. The van der Waals surface area contributed by atoms with E-state index in [0.717, 1.165) is 62.3 Å². The number of hydrogen-bond donors (Lipinski definition) is 0.